The van der Waals surface area contributed by atoms with Crippen LogP contribution in [0, 0.1) is 5.41 Å². The van der Waals surface area contributed by atoms with Gasteiger partial charge in [0.1, 0.15) is 16.9 Å². The van der Waals surface area contributed by atoms with Crippen molar-refractivity contribution in [1.29, 1.82) is 0 Å². The Hall–Kier alpha value is -2.00. The summed E-state index contributed by atoms with van der Waals surface area (Å²) in [5.74, 6) is 1.58. The molecule has 3 aromatic rings. The Balaban J connectivity index is 1.34. The highest BCUT2D eigenvalue weighted by atomic mass is 35.5. The number of halogens is 2. The zero-order chi connectivity index (χ0) is 24.0. The topological polar surface area (TPSA) is 71.4 Å². The molecule has 0 aliphatic carbocycles. The molecule has 0 amide bonds. The number of thioether (sulfide) groups is 1. The predicted octanol–water partition coefficient (Wildman–Crippen LogP) is 5.34. The molecule has 1 saturated heterocycles. The monoisotopic (exact) mass is 504 g/mol. The van der Waals surface area contributed by atoms with Gasteiger partial charge in [-0.05, 0) is 62.4 Å². The summed E-state index contributed by atoms with van der Waals surface area (Å²) >= 11 is 8.08. The van der Waals surface area contributed by atoms with E-state index in [4.69, 9.17) is 16.3 Å². The fourth-order valence-corrected chi connectivity index (χ4v) is 5.67. The van der Waals surface area contributed by atoms with Gasteiger partial charge in [-0.25, -0.2) is 9.37 Å². The third kappa shape index (κ3) is 5.97. The van der Waals surface area contributed by atoms with E-state index in [2.05, 4.69) is 19.9 Å². The lowest BCUT2D eigenvalue weighted by Crippen LogP contribution is -2.42. The highest BCUT2D eigenvalue weighted by molar-refractivity contribution is 7.99. The van der Waals surface area contributed by atoms with Crippen LogP contribution in [0.4, 0.5) is 4.39 Å². The standard InChI is InChI=1S/C25H30ClFN4O2S/c1-33-18-2-3-22-19(14-18)24(20(26)15-30-22)21(27)4-5-25(17-32)6-10-31(11-7-25)12-13-34-23-16-28-8-9-29-23/h2-3,8-9,14-16,21,32H,4-7,10-13,17H2,1H3/t21-/m0/s1. The molecule has 0 spiro atoms. The molecule has 3 heterocycles. The maximum atomic E-state index is 15.6. The van der Waals surface area contributed by atoms with E-state index < -0.39 is 6.17 Å². The van der Waals surface area contributed by atoms with Gasteiger partial charge in [0.15, 0.2) is 0 Å². The molecule has 9 heteroatoms. The molecule has 1 aromatic carbocycles. The fourth-order valence-electron chi connectivity index (χ4n) is 4.57. The van der Waals surface area contributed by atoms with Gasteiger partial charge in [-0.3, -0.25) is 9.97 Å². The van der Waals surface area contributed by atoms with Crippen LogP contribution in [0.3, 0.4) is 0 Å². The summed E-state index contributed by atoms with van der Waals surface area (Å²) in [6.07, 6.45) is 8.04. The molecule has 6 nitrogen and oxygen atoms in total. The molecule has 0 radical (unpaired) electrons. The second kappa shape index (κ2) is 11.6. The number of pyridine rings is 1. The Bertz CT molecular complexity index is 1080. The van der Waals surface area contributed by atoms with E-state index in [0.717, 1.165) is 43.3 Å². The Labute approximate surface area is 208 Å². The third-order valence-corrected chi connectivity index (χ3v) is 7.95. The van der Waals surface area contributed by atoms with Gasteiger partial charge in [0, 0.05) is 48.4 Å². The van der Waals surface area contributed by atoms with Crippen molar-refractivity contribution in [3.05, 3.63) is 53.6 Å². The van der Waals surface area contributed by atoms with E-state index in [1.54, 1.807) is 49.6 Å². The third-order valence-electron chi connectivity index (χ3n) is 6.76. The molecule has 4 rings (SSSR count). The fraction of sp³-hybridized carbons (Fsp3) is 0.480. The highest BCUT2D eigenvalue weighted by Crippen LogP contribution is 2.41. The van der Waals surface area contributed by atoms with Crippen molar-refractivity contribution in [1.82, 2.24) is 19.9 Å². The number of aliphatic hydroxyl groups excluding tert-OH is 1. The summed E-state index contributed by atoms with van der Waals surface area (Å²) in [4.78, 5) is 15.1. The summed E-state index contributed by atoms with van der Waals surface area (Å²) in [5.41, 5.74) is 0.885. The van der Waals surface area contributed by atoms with Crippen LogP contribution < -0.4 is 4.74 Å². The number of fused-ring (bicyclic) bond motifs is 1. The van der Waals surface area contributed by atoms with Crippen LogP contribution in [0.5, 0.6) is 5.75 Å². The minimum absolute atomic E-state index is 0.0700. The molecule has 1 fully saturated rings. The molecule has 1 N–H and O–H groups in total. The maximum Gasteiger partial charge on any atom is 0.127 e. The minimum atomic E-state index is -1.24. The van der Waals surface area contributed by atoms with Gasteiger partial charge < -0.3 is 14.7 Å². The highest BCUT2D eigenvalue weighted by Gasteiger charge is 2.35. The van der Waals surface area contributed by atoms with Crippen LogP contribution in [-0.4, -0.2) is 64.1 Å². The van der Waals surface area contributed by atoms with Crippen LogP contribution in [0.1, 0.15) is 37.4 Å². The number of hydrogen-bond donors (Lipinski definition) is 1. The lowest BCUT2D eigenvalue weighted by Gasteiger charge is -2.41. The largest absolute Gasteiger partial charge is 0.497 e. The van der Waals surface area contributed by atoms with Crippen molar-refractivity contribution in [2.75, 3.05) is 39.1 Å². The first-order valence-electron chi connectivity index (χ1n) is 11.5. The summed E-state index contributed by atoms with van der Waals surface area (Å²) in [6, 6.07) is 5.41. The lowest BCUT2D eigenvalue weighted by molar-refractivity contribution is 0.0323. The first kappa shape index (κ1) is 25.1. The lowest BCUT2D eigenvalue weighted by atomic mass is 9.74. The summed E-state index contributed by atoms with van der Waals surface area (Å²) < 4.78 is 20.9. The van der Waals surface area contributed by atoms with E-state index in [1.165, 1.54) is 6.20 Å². The first-order valence-corrected chi connectivity index (χ1v) is 12.9. The number of aromatic nitrogens is 3. The molecule has 0 bridgehead atoms. The quantitative estimate of drug-likeness (QED) is 0.373. The SMILES string of the molecule is COc1ccc2ncc(Cl)c([C@@H](F)CCC3(CO)CCN(CCSc4cnccn4)CC3)c2c1. The Morgan fingerprint density at radius 1 is 1.24 bits per heavy atom. The minimum Gasteiger partial charge on any atom is -0.497 e. The summed E-state index contributed by atoms with van der Waals surface area (Å²) in [7, 11) is 1.58. The number of hydrogen-bond acceptors (Lipinski definition) is 7. The number of benzene rings is 1. The van der Waals surface area contributed by atoms with Gasteiger partial charge in [0.25, 0.3) is 0 Å². The van der Waals surface area contributed by atoms with Crippen LogP contribution >= 0.6 is 23.4 Å². The van der Waals surface area contributed by atoms with Crippen molar-refractivity contribution in [2.24, 2.45) is 5.41 Å². The van der Waals surface area contributed by atoms with Gasteiger partial charge in [-0.1, -0.05) is 11.6 Å². The number of alkyl halides is 1. The zero-order valence-corrected chi connectivity index (χ0v) is 20.9. The number of rotatable bonds is 10. The first-order chi connectivity index (χ1) is 16.5. The Kier molecular flexibility index (Phi) is 8.58. The Morgan fingerprint density at radius 2 is 2.06 bits per heavy atom. The van der Waals surface area contributed by atoms with Crippen LogP contribution in [-0.2, 0) is 0 Å². The molecule has 0 saturated carbocycles. The number of nitrogens with zero attached hydrogens (tertiary/aromatic N) is 4. The van der Waals surface area contributed by atoms with Crippen molar-refractivity contribution < 1.29 is 14.2 Å². The molecule has 1 aliphatic heterocycles. The normalized spacial score (nSPS) is 17.1. The molecular formula is C25H30ClFN4O2S. The van der Waals surface area contributed by atoms with Gasteiger partial charge in [0.05, 0.1) is 23.8 Å². The van der Waals surface area contributed by atoms with E-state index in [9.17, 15) is 5.11 Å². The van der Waals surface area contributed by atoms with Gasteiger partial charge in [-0.15, -0.1) is 11.8 Å². The number of ether oxygens (including phenoxy) is 1. The van der Waals surface area contributed by atoms with Crippen molar-refractivity contribution in [3.63, 3.8) is 0 Å². The molecule has 2 aromatic heterocycles. The molecule has 34 heavy (non-hydrogen) atoms. The second-order valence-electron chi connectivity index (χ2n) is 8.80. The molecular weight excluding hydrogens is 475 g/mol. The Morgan fingerprint density at radius 3 is 2.76 bits per heavy atom. The number of piperidine rings is 1. The van der Waals surface area contributed by atoms with E-state index in [0.29, 0.717) is 40.1 Å². The van der Waals surface area contributed by atoms with E-state index >= 15 is 4.39 Å². The number of likely N-dealkylation sites (tertiary alicyclic amines) is 1. The van der Waals surface area contributed by atoms with Crippen LogP contribution in [0.2, 0.25) is 5.02 Å². The average Bonchev–Trinajstić information content (AvgIpc) is 2.88. The van der Waals surface area contributed by atoms with E-state index in [1.807, 2.05) is 6.07 Å². The smallest absolute Gasteiger partial charge is 0.127 e. The average molecular weight is 505 g/mol. The van der Waals surface area contributed by atoms with Crippen molar-refractivity contribution in [3.8, 4) is 5.75 Å². The predicted molar refractivity (Wildman–Crippen MR) is 134 cm³/mol. The van der Waals surface area contributed by atoms with Crippen molar-refractivity contribution >= 4 is 34.3 Å². The number of methoxy groups -OCH3 is 1. The zero-order valence-electron chi connectivity index (χ0n) is 19.3. The van der Waals surface area contributed by atoms with Crippen molar-refractivity contribution in [2.45, 2.75) is 36.9 Å². The van der Waals surface area contributed by atoms with Crippen LogP contribution in [0.15, 0.2) is 48.0 Å². The van der Waals surface area contributed by atoms with Gasteiger partial charge >= 0.3 is 0 Å². The molecule has 1 aliphatic rings. The van der Waals surface area contributed by atoms with Gasteiger partial charge in [0.2, 0.25) is 0 Å². The van der Waals surface area contributed by atoms with E-state index in [-0.39, 0.29) is 12.0 Å². The number of aliphatic hydroxyl groups is 1. The maximum absolute atomic E-state index is 15.6. The summed E-state index contributed by atoms with van der Waals surface area (Å²) in [6.45, 7) is 2.82. The second-order valence-corrected chi connectivity index (χ2v) is 10.3. The molecule has 0 unspecified atom stereocenters. The summed E-state index contributed by atoms with van der Waals surface area (Å²) in [5, 5.41) is 12.1. The molecule has 182 valence electrons. The van der Waals surface area contributed by atoms with Gasteiger partial charge in [-0.2, -0.15) is 0 Å². The molecule has 1 atom stereocenters. The van der Waals surface area contributed by atoms with Crippen LogP contribution in [0.25, 0.3) is 10.9 Å².